The monoisotopic (exact) mass is 235 g/mol. The molecule has 0 saturated heterocycles. The number of hydrogen-bond donors (Lipinski definition) is 2. The average molecular weight is 235 g/mol. The van der Waals surface area contributed by atoms with Crippen molar-refractivity contribution >= 4 is 5.97 Å². The Morgan fingerprint density at radius 1 is 1.29 bits per heavy atom. The van der Waals surface area contributed by atoms with E-state index in [9.17, 15) is 4.79 Å². The molecule has 0 amide bonds. The van der Waals surface area contributed by atoms with Crippen molar-refractivity contribution in [3.63, 3.8) is 0 Å². The highest BCUT2D eigenvalue weighted by Gasteiger charge is 2.06. The van der Waals surface area contributed by atoms with E-state index in [1.165, 1.54) is 0 Å². The molecule has 0 aliphatic heterocycles. The first-order valence-corrected chi connectivity index (χ1v) is 4.94. The third-order valence-corrected chi connectivity index (χ3v) is 2.14. The molecule has 0 aliphatic carbocycles. The highest BCUT2D eigenvalue weighted by molar-refractivity contribution is 5.66. The van der Waals surface area contributed by atoms with Crippen LogP contribution >= 0.6 is 0 Å². The van der Waals surface area contributed by atoms with Gasteiger partial charge in [0.1, 0.15) is 5.82 Å². The van der Waals surface area contributed by atoms with Crippen LogP contribution in [0.4, 0.5) is 0 Å². The number of benzene rings is 1. The predicted octanol–water partition coefficient (Wildman–Crippen LogP) is 0.664. The highest BCUT2D eigenvalue weighted by atomic mass is 16.4. The van der Waals surface area contributed by atoms with Crippen LogP contribution in [0.15, 0.2) is 30.3 Å². The van der Waals surface area contributed by atoms with Crippen molar-refractivity contribution < 1.29 is 15.4 Å². The maximum atomic E-state index is 10.4. The molecule has 17 heavy (non-hydrogen) atoms. The topological polar surface area (TPSA) is 110 Å². The van der Waals surface area contributed by atoms with E-state index in [4.69, 9.17) is 5.11 Å². The number of carbonyl (C=O) groups is 1. The molecule has 1 heterocycles. The molecule has 2 rings (SSSR count). The van der Waals surface area contributed by atoms with E-state index in [1.54, 1.807) is 0 Å². The Balaban J connectivity index is 0.00000144. The molecule has 4 N–H and O–H groups in total. The summed E-state index contributed by atoms with van der Waals surface area (Å²) in [4.78, 5) is 14.6. The maximum absolute atomic E-state index is 10.4. The Morgan fingerprint density at radius 3 is 2.65 bits per heavy atom. The number of carboxylic acid groups (broad SMARTS) is 1. The molecule has 1 aromatic carbocycles. The Kier molecular flexibility index (Phi) is 4.36. The first-order chi connectivity index (χ1) is 7.75. The lowest BCUT2D eigenvalue weighted by Crippen LogP contribution is -1.98. The minimum Gasteiger partial charge on any atom is -0.481 e. The van der Waals surface area contributed by atoms with Gasteiger partial charge < -0.3 is 10.6 Å². The van der Waals surface area contributed by atoms with Gasteiger partial charge in [-0.25, -0.2) is 4.98 Å². The van der Waals surface area contributed by atoms with Gasteiger partial charge in [0, 0.05) is 12.0 Å². The third kappa shape index (κ3) is 3.39. The Hall–Kier alpha value is -2.21. The number of hydrogen-bond acceptors (Lipinski definition) is 3. The number of aliphatic carboxylic acids is 1. The van der Waals surface area contributed by atoms with Crippen LogP contribution in [-0.2, 0) is 11.2 Å². The van der Waals surface area contributed by atoms with E-state index < -0.39 is 5.97 Å². The zero-order chi connectivity index (χ0) is 11.4. The molecule has 0 bridgehead atoms. The fourth-order valence-electron chi connectivity index (χ4n) is 1.35. The molecule has 0 fully saturated rings. The van der Waals surface area contributed by atoms with Crippen molar-refractivity contribution in [2.24, 2.45) is 0 Å². The Morgan fingerprint density at radius 2 is 2.00 bits per heavy atom. The third-order valence-electron chi connectivity index (χ3n) is 2.14. The molecule has 0 spiro atoms. The number of aromatic amines is 1. The minimum absolute atomic E-state index is 0. The van der Waals surface area contributed by atoms with Gasteiger partial charge in [-0.05, 0) is 0 Å². The van der Waals surface area contributed by atoms with Crippen molar-refractivity contribution in [2.45, 2.75) is 12.8 Å². The van der Waals surface area contributed by atoms with Gasteiger partial charge in [0.2, 0.25) is 0 Å². The van der Waals surface area contributed by atoms with E-state index in [1.807, 2.05) is 30.3 Å². The zero-order valence-corrected chi connectivity index (χ0v) is 9.05. The first kappa shape index (κ1) is 12.9. The van der Waals surface area contributed by atoms with Crippen LogP contribution in [0.5, 0.6) is 0 Å². The predicted molar refractivity (Wildman–Crippen MR) is 61.4 cm³/mol. The van der Waals surface area contributed by atoms with Crippen LogP contribution in [-0.4, -0.2) is 31.7 Å². The van der Waals surface area contributed by atoms with Crippen molar-refractivity contribution in [1.82, 2.24) is 15.2 Å². The number of aryl methyl sites for hydroxylation is 1. The summed E-state index contributed by atoms with van der Waals surface area (Å²) in [6, 6.07) is 9.54. The lowest BCUT2D eigenvalue weighted by atomic mass is 10.2. The smallest absolute Gasteiger partial charge is 0.303 e. The van der Waals surface area contributed by atoms with E-state index in [2.05, 4.69) is 15.2 Å². The lowest BCUT2D eigenvalue weighted by Gasteiger charge is -1.92. The Labute approximate surface area is 97.6 Å². The number of nitrogens with one attached hydrogen (secondary N) is 1. The van der Waals surface area contributed by atoms with Gasteiger partial charge in [0.25, 0.3) is 0 Å². The highest BCUT2D eigenvalue weighted by Crippen LogP contribution is 2.13. The van der Waals surface area contributed by atoms with E-state index >= 15 is 0 Å². The molecule has 0 radical (unpaired) electrons. The van der Waals surface area contributed by atoms with Gasteiger partial charge in [0.15, 0.2) is 5.82 Å². The molecular formula is C11H13N3O3. The SMILES string of the molecule is O.O=C(O)CCc1nc(-c2ccccc2)n[nH]1. The summed E-state index contributed by atoms with van der Waals surface area (Å²) in [6.45, 7) is 0. The van der Waals surface area contributed by atoms with E-state index in [-0.39, 0.29) is 11.9 Å². The van der Waals surface area contributed by atoms with Crippen LogP contribution in [0, 0.1) is 0 Å². The maximum Gasteiger partial charge on any atom is 0.303 e. The summed E-state index contributed by atoms with van der Waals surface area (Å²) in [6.07, 6.45) is 0.429. The van der Waals surface area contributed by atoms with Gasteiger partial charge >= 0.3 is 5.97 Å². The summed E-state index contributed by atoms with van der Waals surface area (Å²) in [7, 11) is 0. The largest absolute Gasteiger partial charge is 0.481 e. The van der Waals surface area contributed by atoms with Crippen LogP contribution in [0.2, 0.25) is 0 Å². The van der Waals surface area contributed by atoms with Gasteiger partial charge in [0.05, 0.1) is 6.42 Å². The van der Waals surface area contributed by atoms with Gasteiger partial charge in [-0.3, -0.25) is 9.89 Å². The lowest BCUT2D eigenvalue weighted by molar-refractivity contribution is -0.137. The van der Waals surface area contributed by atoms with E-state index in [0.717, 1.165) is 5.56 Å². The second-order valence-electron chi connectivity index (χ2n) is 3.37. The van der Waals surface area contributed by atoms with Crippen LogP contribution in [0.25, 0.3) is 11.4 Å². The Bertz CT molecular complexity index is 482. The van der Waals surface area contributed by atoms with Crippen LogP contribution < -0.4 is 0 Å². The fraction of sp³-hybridized carbons (Fsp3) is 0.182. The summed E-state index contributed by atoms with van der Waals surface area (Å²) in [5.41, 5.74) is 0.917. The summed E-state index contributed by atoms with van der Waals surface area (Å²) in [5.74, 6) is 0.361. The second kappa shape index (κ2) is 5.76. The summed E-state index contributed by atoms with van der Waals surface area (Å²) in [5, 5.41) is 15.3. The van der Waals surface area contributed by atoms with Gasteiger partial charge in [-0.15, -0.1) is 0 Å². The minimum atomic E-state index is -0.835. The molecule has 90 valence electrons. The normalized spacial score (nSPS) is 9.65. The zero-order valence-electron chi connectivity index (χ0n) is 9.05. The molecule has 0 saturated carbocycles. The summed E-state index contributed by atoms with van der Waals surface area (Å²) >= 11 is 0. The van der Waals surface area contributed by atoms with Crippen molar-refractivity contribution in [3.05, 3.63) is 36.2 Å². The van der Waals surface area contributed by atoms with Crippen LogP contribution in [0.3, 0.4) is 0 Å². The number of aromatic nitrogens is 3. The van der Waals surface area contributed by atoms with Crippen molar-refractivity contribution in [1.29, 1.82) is 0 Å². The van der Waals surface area contributed by atoms with Crippen molar-refractivity contribution in [2.75, 3.05) is 0 Å². The molecule has 0 atom stereocenters. The van der Waals surface area contributed by atoms with Crippen LogP contribution in [0.1, 0.15) is 12.2 Å². The fourth-order valence-corrected chi connectivity index (χ4v) is 1.35. The molecule has 0 unspecified atom stereocenters. The van der Waals surface area contributed by atoms with Gasteiger partial charge in [-0.2, -0.15) is 5.10 Å². The molecule has 0 aliphatic rings. The van der Waals surface area contributed by atoms with Gasteiger partial charge in [-0.1, -0.05) is 30.3 Å². The molecular weight excluding hydrogens is 222 g/mol. The standard InChI is InChI=1S/C11H11N3O2.H2O/c15-10(16)7-6-9-12-11(14-13-9)8-4-2-1-3-5-8;/h1-5H,6-7H2,(H,15,16)(H,12,13,14);1H2. The second-order valence-corrected chi connectivity index (χ2v) is 3.37. The quantitative estimate of drug-likeness (QED) is 0.810. The molecule has 6 heteroatoms. The van der Waals surface area contributed by atoms with Crippen molar-refractivity contribution in [3.8, 4) is 11.4 Å². The summed E-state index contributed by atoms with van der Waals surface area (Å²) < 4.78 is 0. The average Bonchev–Trinajstić information content (AvgIpc) is 2.76. The molecule has 1 aromatic heterocycles. The number of carboxylic acids is 1. The molecule has 6 nitrogen and oxygen atoms in total. The number of H-pyrrole nitrogens is 1. The first-order valence-electron chi connectivity index (χ1n) is 4.94. The van der Waals surface area contributed by atoms with E-state index in [0.29, 0.717) is 18.1 Å². The molecule has 2 aromatic rings. The number of nitrogens with zero attached hydrogens (tertiary/aromatic N) is 2. The number of rotatable bonds is 4.